The Bertz CT molecular complexity index is 1160. The largest absolute Gasteiger partial charge is 0.487 e. The normalized spacial score (nSPS) is 13.5. The topological polar surface area (TPSA) is 203 Å². The average Bonchev–Trinajstić information content (AvgIpc) is 3.01. The van der Waals surface area contributed by atoms with Gasteiger partial charge in [-0.25, -0.2) is 15.5 Å². The average molecular weight is 592 g/mol. The number of anilines is 4. The number of nitrogens with two attached hydrogens (primary N) is 1. The van der Waals surface area contributed by atoms with Crippen LogP contribution in [0.1, 0.15) is 45.1 Å². The fourth-order valence-electron chi connectivity index (χ4n) is 3.58. The molecule has 1 aliphatic heterocycles. The summed E-state index contributed by atoms with van der Waals surface area (Å²) >= 11 is 0. The molecule has 42 heavy (non-hydrogen) atoms. The van der Waals surface area contributed by atoms with Crippen molar-refractivity contribution in [2.75, 3.05) is 55.8 Å². The van der Waals surface area contributed by atoms with Crippen LogP contribution in [-0.4, -0.2) is 78.7 Å². The molecule has 6 N–H and O–H groups in total. The summed E-state index contributed by atoms with van der Waals surface area (Å²) < 4.78 is 35.4. The van der Waals surface area contributed by atoms with E-state index < -0.39 is 18.0 Å². The highest BCUT2D eigenvalue weighted by Gasteiger charge is 2.20. The number of ether oxygens (including phenoxy) is 4. The van der Waals surface area contributed by atoms with E-state index in [1.54, 1.807) is 17.7 Å². The van der Waals surface area contributed by atoms with E-state index in [1.807, 2.05) is 19.9 Å². The Labute approximate surface area is 243 Å². The van der Waals surface area contributed by atoms with Gasteiger partial charge < -0.3 is 40.4 Å². The number of pyridine rings is 2. The molecular weight excluding hydrogens is 553 g/mol. The zero-order chi connectivity index (χ0) is 30.7. The van der Waals surface area contributed by atoms with Crippen LogP contribution < -0.4 is 26.6 Å². The number of aliphatic carboxylic acids is 1. The highest BCUT2D eigenvalue weighted by Crippen LogP contribution is 2.34. The van der Waals surface area contributed by atoms with Crippen LogP contribution in [0.4, 0.5) is 27.6 Å². The standard InChI is InChI=1S/C25H32FN7O7.C2H6/c26-33-19-13-20(39-11-9-38-10-12-40-25(36)18(28)2-4-22(34)35)24(30-17-5-7-37-8-6-17)32-23(19)31-21-3-1-16(14-27)15-29-21;1-2/h1,3,13,15,17-18,33H,2,4-12,28H2,(H,34,35)(H2,29,30,31,32);1-2H3/t18-;/m0./s1. The molecule has 1 aliphatic rings. The molecule has 1 fully saturated rings. The first kappa shape index (κ1) is 33.9. The molecule has 2 aromatic heterocycles. The Morgan fingerprint density at radius 1 is 1.21 bits per heavy atom. The lowest BCUT2D eigenvalue weighted by Gasteiger charge is -2.25. The number of aromatic nitrogens is 2. The zero-order valence-electron chi connectivity index (χ0n) is 23.7. The van der Waals surface area contributed by atoms with Gasteiger partial charge in [0.1, 0.15) is 36.8 Å². The molecule has 1 atom stereocenters. The van der Waals surface area contributed by atoms with Crippen molar-refractivity contribution in [3.05, 3.63) is 30.0 Å². The van der Waals surface area contributed by atoms with Crippen molar-refractivity contribution in [2.45, 2.75) is 51.6 Å². The first-order valence-electron chi connectivity index (χ1n) is 13.6. The highest BCUT2D eigenvalue weighted by molar-refractivity contribution is 5.77. The molecular formula is C27H38FN7O7. The smallest absolute Gasteiger partial charge is 0.323 e. The van der Waals surface area contributed by atoms with Crippen LogP contribution >= 0.6 is 0 Å². The van der Waals surface area contributed by atoms with Gasteiger partial charge in [0, 0.05) is 37.9 Å². The molecule has 0 saturated carbocycles. The lowest BCUT2D eigenvalue weighted by molar-refractivity contribution is -0.147. The molecule has 0 aromatic carbocycles. The van der Waals surface area contributed by atoms with E-state index in [4.69, 9.17) is 35.0 Å². The fraction of sp³-hybridized carbons (Fsp3) is 0.519. The van der Waals surface area contributed by atoms with E-state index >= 15 is 0 Å². The van der Waals surface area contributed by atoms with Crippen LogP contribution in [0, 0.1) is 11.3 Å². The number of rotatable bonds is 16. The van der Waals surface area contributed by atoms with Gasteiger partial charge in [0.15, 0.2) is 17.4 Å². The van der Waals surface area contributed by atoms with Crippen molar-refractivity contribution in [1.29, 1.82) is 5.26 Å². The minimum absolute atomic E-state index is 0.00533. The number of carboxylic acids is 1. The predicted octanol–water partition coefficient (Wildman–Crippen LogP) is 3.14. The Morgan fingerprint density at radius 2 is 1.95 bits per heavy atom. The zero-order valence-corrected chi connectivity index (χ0v) is 23.7. The van der Waals surface area contributed by atoms with E-state index in [9.17, 15) is 14.1 Å². The minimum atomic E-state index is -1.04. The number of carbonyl (C=O) groups is 2. The van der Waals surface area contributed by atoms with Gasteiger partial charge in [-0.05, 0) is 31.4 Å². The summed E-state index contributed by atoms with van der Waals surface area (Å²) in [6.07, 6.45) is 2.65. The second-order valence-corrected chi connectivity index (χ2v) is 8.69. The Kier molecular flexibility index (Phi) is 15.3. The van der Waals surface area contributed by atoms with Gasteiger partial charge in [-0.3, -0.25) is 9.59 Å². The molecule has 3 rings (SSSR count). The van der Waals surface area contributed by atoms with Crippen LogP contribution in [0.25, 0.3) is 0 Å². The summed E-state index contributed by atoms with van der Waals surface area (Å²) in [7, 11) is 0. The molecule has 0 unspecified atom stereocenters. The summed E-state index contributed by atoms with van der Waals surface area (Å²) in [4.78, 5) is 31.0. The maximum absolute atomic E-state index is 13.7. The quantitative estimate of drug-likeness (QED) is 0.108. The summed E-state index contributed by atoms with van der Waals surface area (Å²) in [6, 6.07) is 5.64. The Hall–Kier alpha value is -4.26. The molecule has 3 heterocycles. The van der Waals surface area contributed by atoms with E-state index in [2.05, 4.69) is 20.6 Å². The molecule has 15 heteroatoms. The third-order valence-electron chi connectivity index (χ3n) is 5.72. The molecule has 230 valence electrons. The van der Waals surface area contributed by atoms with Crippen molar-refractivity contribution in [1.82, 2.24) is 9.97 Å². The summed E-state index contributed by atoms with van der Waals surface area (Å²) in [6.45, 7) is 5.43. The summed E-state index contributed by atoms with van der Waals surface area (Å²) in [5.74, 6) is -0.564. The highest BCUT2D eigenvalue weighted by atomic mass is 19.2. The van der Waals surface area contributed by atoms with Gasteiger partial charge in [-0.2, -0.15) is 5.26 Å². The third-order valence-corrected chi connectivity index (χ3v) is 5.72. The van der Waals surface area contributed by atoms with Gasteiger partial charge in [0.2, 0.25) is 0 Å². The SMILES string of the molecule is CC.N#Cc1ccc(Nc2nc(NC3CCOCC3)c(OCCOCCOC(=O)[C@@H](N)CCC(=O)O)cc2NF)nc1. The number of nitriles is 1. The van der Waals surface area contributed by atoms with Crippen molar-refractivity contribution in [3.63, 3.8) is 0 Å². The molecule has 0 bridgehead atoms. The predicted molar refractivity (Wildman–Crippen MR) is 152 cm³/mol. The van der Waals surface area contributed by atoms with Crippen LogP contribution in [0.2, 0.25) is 0 Å². The molecule has 2 aromatic rings. The molecule has 0 aliphatic carbocycles. The Morgan fingerprint density at radius 3 is 2.60 bits per heavy atom. The van der Waals surface area contributed by atoms with Crippen LogP contribution in [0.5, 0.6) is 5.75 Å². The van der Waals surface area contributed by atoms with Crippen molar-refractivity contribution >= 4 is 35.1 Å². The maximum Gasteiger partial charge on any atom is 0.323 e. The van der Waals surface area contributed by atoms with E-state index in [0.717, 1.165) is 12.8 Å². The first-order chi connectivity index (χ1) is 20.4. The van der Waals surface area contributed by atoms with Gasteiger partial charge in [0.05, 0.1) is 18.8 Å². The van der Waals surface area contributed by atoms with E-state index in [-0.39, 0.29) is 62.6 Å². The number of carbonyl (C=O) groups excluding carboxylic acids is 1. The molecule has 1 saturated heterocycles. The maximum atomic E-state index is 13.7. The van der Waals surface area contributed by atoms with Gasteiger partial charge in [0.25, 0.3) is 0 Å². The minimum Gasteiger partial charge on any atom is -0.487 e. The lowest BCUT2D eigenvalue weighted by atomic mass is 10.1. The number of nitrogens with zero attached hydrogens (tertiary/aromatic N) is 3. The first-order valence-corrected chi connectivity index (χ1v) is 13.6. The van der Waals surface area contributed by atoms with Gasteiger partial charge in [-0.1, -0.05) is 13.8 Å². The second-order valence-electron chi connectivity index (χ2n) is 8.69. The number of esters is 1. The van der Waals surface area contributed by atoms with Crippen LogP contribution in [0.15, 0.2) is 24.4 Å². The van der Waals surface area contributed by atoms with E-state index in [1.165, 1.54) is 12.3 Å². The second kappa shape index (κ2) is 19.0. The fourth-order valence-corrected chi connectivity index (χ4v) is 3.58. The van der Waals surface area contributed by atoms with Crippen LogP contribution in [-0.2, 0) is 23.8 Å². The van der Waals surface area contributed by atoms with Crippen molar-refractivity contribution in [3.8, 4) is 11.8 Å². The monoisotopic (exact) mass is 591 g/mol. The van der Waals surface area contributed by atoms with Crippen LogP contribution in [0.3, 0.4) is 0 Å². The van der Waals surface area contributed by atoms with Gasteiger partial charge >= 0.3 is 11.9 Å². The number of hydrogen-bond acceptors (Lipinski definition) is 13. The molecule has 0 radical (unpaired) electrons. The molecule has 14 nitrogen and oxygen atoms in total. The van der Waals surface area contributed by atoms with Gasteiger partial charge in [-0.15, -0.1) is 4.48 Å². The molecule has 0 spiro atoms. The Balaban J connectivity index is 0.00000301. The summed E-state index contributed by atoms with van der Waals surface area (Å²) in [5.41, 5.74) is 7.59. The lowest BCUT2D eigenvalue weighted by Crippen LogP contribution is -2.33. The number of hydrogen-bond donors (Lipinski definition) is 5. The number of carboxylic acid groups (broad SMARTS) is 1. The third kappa shape index (κ3) is 11.7. The summed E-state index contributed by atoms with van der Waals surface area (Å²) in [5, 5.41) is 23.9. The van der Waals surface area contributed by atoms with Crippen molar-refractivity contribution in [2.24, 2.45) is 5.73 Å². The van der Waals surface area contributed by atoms with Crippen molar-refractivity contribution < 1.29 is 38.1 Å². The number of halogens is 1. The van der Waals surface area contributed by atoms with E-state index in [0.29, 0.717) is 30.4 Å². The number of nitrogens with one attached hydrogen (secondary N) is 3. The molecule has 0 amide bonds.